The van der Waals surface area contributed by atoms with E-state index in [-0.39, 0.29) is 17.3 Å². The Bertz CT molecular complexity index is 1280. The van der Waals surface area contributed by atoms with E-state index in [1.165, 1.54) is 9.13 Å². The molecule has 0 aliphatic carbocycles. The smallest absolute Gasteiger partial charge is 0.333 e. The molecule has 0 amide bonds. The first-order chi connectivity index (χ1) is 14.9. The zero-order valence-corrected chi connectivity index (χ0v) is 18.2. The number of anilines is 1. The molecule has 2 N–H and O–H groups in total. The van der Waals surface area contributed by atoms with E-state index in [1.807, 2.05) is 41.8 Å². The Labute approximate surface area is 180 Å². The molecule has 0 saturated carbocycles. The fraction of sp³-hybridized carbons (Fsp3) is 0.435. The van der Waals surface area contributed by atoms with Gasteiger partial charge in [-0.15, -0.1) is 5.92 Å². The van der Waals surface area contributed by atoms with E-state index < -0.39 is 6.04 Å². The van der Waals surface area contributed by atoms with Gasteiger partial charge in [-0.2, -0.15) is 4.98 Å². The minimum atomic E-state index is -0.413. The Morgan fingerprint density at radius 2 is 2.00 bits per heavy atom. The number of fused-ring (bicyclic) bond motifs is 1. The zero-order chi connectivity index (χ0) is 22.1. The molecule has 1 aliphatic rings. The van der Waals surface area contributed by atoms with Gasteiger partial charge in [0.1, 0.15) is 0 Å². The summed E-state index contributed by atoms with van der Waals surface area (Å²) in [5, 5.41) is 0. The Hall–Kier alpha value is -3.31. The van der Waals surface area contributed by atoms with Gasteiger partial charge in [-0.1, -0.05) is 36.3 Å². The molecule has 1 saturated heterocycles. The van der Waals surface area contributed by atoms with Gasteiger partial charge in [0.15, 0.2) is 11.2 Å². The summed E-state index contributed by atoms with van der Waals surface area (Å²) in [7, 11) is 1.66. The molecule has 0 radical (unpaired) electrons. The van der Waals surface area contributed by atoms with Gasteiger partial charge in [0, 0.05) is 26.2 Å². The molecule has 3 aromatic rings. The molecule has 31 heavy (non-hydrogen) atoms. The minimum Gasteiger partial charge on any atom is -0.341 e. The second-order valence-corrected chi connectivity index (χ2v) is 8.05. The predicted molar refractivity (Wildman–Crippen MR) is 122 cm³/mol. The van der Waals surface area contributed by atoms with Crippen LogP contribution < -0.4 is 21.9 Å². The van der Waals surface area contributed by atoms with Gasteiger partial charge >= 0.3 is 5.69 Å². The highest BCUT2D eigenvalue weighted by Crippen LogP contribution is 2.23. The van der Waals surface area contributed by atoms with E-state index in [0.717, 1.165) is 24.9 Å². The van der Waals surface area contributed by atoms with Gasteiger partial charge in [-0.25, -0.2) is 4.79 Å². The van der Waals surface area contributed by atoms with Crippen LogP contribution in [0.5, 0.6) is 0 Å². The molecule has 3 heterocycles. The fourth-order valence-electron chi connectivity index (χ4n) is 4.29. The number of rotatable bonds is 4. The lowest BCUT2D eigenvalue weighted by Gasteiger charge is -2.31. The molecule has 0 bridgehead atoms. The number of imidazole rings is 1. The lowest BCUT2D eigenvalue weighted by atomic mass is 10.1. The lowest BCUT2D eigenvalue weighted by Crippen LogP contribution is -2.44. The van der Waals surface area contributed by atoms with Crippen molar-refractivity contribution in [1.29, 1.82) is 0 Å². The Morgan fingerprint density at radius 3 is 2.68 bits per heavy atom. The second-order valence-electron chi connectivity index (χ2n) is 8.05. The molecule has 8 heteroatoms. The number of aryl methyl sites for hydroxylation is 1. The number of nitrogens with zero attached hydrogens (tertiary/aromatic N) is 5. The van der Waals surface area contributed by atoms with Crippen LogP contribution in [0.15, 0.2) is 39.9 Å². The maximum absolute atomic E-state index is 13.7. The van der Waals surface area contributed by atoms with Crippen molar-refractivity contribution >= 4 is 17.1 Å². The molecule has 4 rings (SSSR count). The Kier molecular flexibility index (Phi) is 5.70. The lowest BCUT2D eigenvalue weighted by molar-refractivity contribution is 0.496. The Balaban J connectivity index is 1.98. The summed E-state index contributed by atoms with van der Waals surface area (Å²) < 4.78 is 4.60. The first-order valence-corrected chi connectivity index (χ1v) is 10.6. The maximum Gasteiger partial charge on any atom is 0.333 e. The van der Waals surface area contributed by atoms with Crippen molar-refractivity contribution in [2.45, 2.75) is 45.3 Å². The van der Waals surface area contributed by atoms with Gasteiger partial charge in [0.25, 0.3) is 5.56 Å². The number of aromatic nitrogens is 4. The van der Waals surface area contributed by atoms with Crippen LogP contribution in [0.3, 0.4) is 0 Å². The molecule has 2 atom stereocenters. The topological polar surface area (TPSA) is 91.1 Å². The van der Waals surface area contributed by atoms with Crippen molar-refractivity contribution < 1.29 is 0 Å². The number of piperidine rings is 1. The van der Waals surface area contributed by atoms with Crippen LogP contribution in [0.4, 0.5) is 5.95 Å². The average Bonchev–Trinajstić information content (AvgIpc) is 3.16. The summed E-state index contributed by atoms with van der Waals surface area (Å²) >= 11 is 0. The van der Waals surface area contributed by atoms with Gasteiger partial charge in [-0.3, -0.25) is 18.5 Å². The van der Waals surface area contributed by atoms with E-state index >= 15 is 0 Å². The average molecular weight is 421 g/mol. The van der Waals surface area contributed by atoms with Crippen LogP contribution in [-0.2, 0) is 13.6 Å². The zero-order valence-electron chi connectivity index (χ0n) is 18.2. The van der Waals surface area contributed by atoms with Crippen molar-refractivity contribution in [2.75, 3.05) is 18.0 Å². The van der Waals surface area contributed by atoms with Gasteiger partial charge in [0.05, 0.1) is 12.6 Å². The molecule has 162 valence electrons. The van der Waals surface area contributed by atoms with E-state index in [9.17, 15) is 9.59 Å². The SMILES string of the molecule is CC#CCn1c(N2CCC[C@@H](N)C2)nc2c1c(=O)n(C(C)c1ccccc1)c(=O)n2C. The third-order valence-electron chi connectivity index (χ3n) is 5.99. The van der Waals surface area contributed by atoms with Crippen molar-refractivity contribution in [3.05, 3.63) is 56.7 Å². The van der Waals surface area contributed by atoms with Gasteiger partial charge in [-0.05, 0) is 32.3 Å². The van der Waals surface area contributed by atoms with Crippen LogP contribution in [0, 0.1) is 11.8 Å². The Morgan fingerprint density at radius 1 is 1.26 bits per heavy atom. The molecular weight excluding hydrogens is 392 g/mol. The van der Waals surface area contributed by atoms with Crippen molar-refractivity contribution in [3.63, 3.8) is 0 Å². The highest BCUT2D eigenvalue weighted by molar-refractivity contribution is 5.75. The molecule has 0 spiro atoms. The minimum absolute atomic E-state index is 0.0536. The van der Waals surface area contributed by atoms with E-state index in [0.29, 0.717) is 30.2 Å². The fourth-order valence-corrected chi connectivity index (χ4v) is 4.29. The number of hydrogen-bond donors (Lipinski definition) is 1. The highest BCUT2D eigenvalue weighted by atomic mass is 16.2. The predicted octanol–water partition coefficient (Wildman–Crippen LogP) is 1.46. The molecule has 2 aromatic heterocycles. The van der Waals surface area contributed by atoms with Crippen molar-refractivity contribution in [3.8, 4) is 11.8 Å². The third kappa shape index (κ3) is 3.66. The number of hydrogen-bond acceptors (Lipinski definition) is 5. The number of benzene rings is 1. The monoisotopic (exact) mass is 420 g/mol. The van der Waals surface area contributed by atoms with Crippen LogP contribution in [0.2, 0.25) is 0 Å². The van der Waals surface area contributed by atoms with Crippen molar-refractivity contribution in [2.24, 2.45) is 12.8 Å². The van der Waals surface area contributed by atoms with Crippen molar-refractivity contribution in [1.82, 2.24) is 18.7 Å². The maximum atomic E-state index is 13.7. The van der Waals surface area contributed by atoms with E-state index in [1.54, 1.807) is 14.0 Å². The third-order valence-corrected chi connectivity index (χ3v) is 5.99. The van der Waals surface area contributed by atoms with Crippen LogP contribution in [0.1, 0.15) is 38.3 Å². The van der Waals surface area contributed by atoms with Gasteiger partial charge < -0.3 is 10.6 Å². The van der Waals surface area contributed by atoms with E-state index in [4.69, 9.17) is 10.7 Å². The van der Waals surface area contributed by atoms with Crippen LogP contribution in [-0.4, -0.2) is 37.8 Å². The first-order valence-electron chi connectivity index (χ1n) is 10.6. The molecule has 1 unspecified atom stereocenters. The molecule has 8 nitrogen and oxygen atoms in total. The molecule has 1 aromatic carbocycles. The van der Waals surface area contributed by atoms with E-state index in [2.05, 4.69) is 16.7 Å². The summed E-state index contributed by atoms with van der Waals surface area (Å²) in [4.78, 5) is 33.7. The highest BCUT2D eigenvalue weighted by Gasteiger charge is 2.27. The van der Waals surface area contributed by atoms with Gasteiger partial charge in [0.2, 0.25) is 5.95 Å². The number of nitrogens with two attached hydrogens (primary N) is 1. The quantitative estimate of drug-likeness (QED) is 0.646. The van der Waals surface area contributed by atoms with Crippen LogP contribution in [0.25, 0.3) is 11.2 Å². The largest absolute Gasteiger partial charge is 0.341 e. The summed E-state index contributed by atoms with van der Waals surface area (Å²) in [6.07, 6.45) is 1.92. The molecule has 1 aliphatic heterocycles. The standard InChI is InChI=1S/C23H28N6O2/c1-4-5-14-28-19-20(25-22(28)27-13-9-12-18(24)15-27)26(3)23(31)29(21(19)30)16(2)17-10-7-6-8-11-17/h6-8,10-11,16,18H,9,12-15,24H2,1-3H3/t16?,18-/m1/s1. The molecular formula is C23H28N6O2. The summed E-state index contributed by atoms with van der Waals surface area (Å²) in [6, 6.07) is 9.19. The summed E-state index contributed by atoms with van der Waals surface area (Å²) in [5.41, 5.74) is 7.11. The molecule has 1 fully saturated rings. The second kappa shape index (κ2) is 8.44. The normalized spacial score (nSPS) is 17.4. The van der Waals surface area contributed by atoms with Crippen LogP contribution >= 0.6 is 0 Å². The first kappa shape index (κ1) is 20.9. The summed E-state index contributed by atoms with van der Waals surface area (Å²) in [5.74, 6) is 6.60. The summed E-state index contributed by atoms with van der Waals surface area (Å²) in [6.45, 7) is 5.41.